The standard InChI is InChI=1S/C51H37N5O/c1-4-15-32(16-5-1)49-52-50(33-17-6-2-7-18-33)54-51(53-49)34-19-14-22-36(31-34)55-42-29-27-39-37-23-10-12-25-41(37)56(35-20-8-3-9-21-35)47(39)45(42)46-43(55)30-28-40-38-24-11-13-26-44(38)57-48(40)46/h1-31,49-54H. The summed E-state index contributed by atoms with van der Waals surface area (Å²) in [5, 5.41) is 18.5. The topological polar surface area (TPSA) is 59.1 Å². The maximum atomic E-state index is 6.87. The Bertz CT molecular complexity index is 3240. The van der Waals surface area contributed by atoms with Crippen LogP contribution in [-0.2, 0) is 0 Å². The van der Waals surface area contributed by atoms with Crippen molar-refractivity contribution >= 4 is 65.6 Å². The SMILES string of the molecule is c1ccc(C2NC(c3ccccc3)NC(c3cccc(-n4c5ccc6c7ccccc7oc6c5c5c4ccc4c6ccccc6n(-c6ccccc6)c45)c3)N2)cc1. The Labute approximate surface area is 328 Å². The molecule has 6 heteroatoms. The molecule has 2 atom stereocenters. The second-order valence-corrected chi connectivity index (χ2v) is 15.0. The molecule has 3 aromatic heterocycles. The lowest BCUT2D eigenvalue weighted by Gasteiger charge is -2.39. The normalized spacial score (nSPS) is 17.4. The molecule has 272 valence electrons. The Morgan fingerprint density at radius 2 is 0.912 bits per heavy atom. The number of aromatic nitrogens is 2. The van der Waals surface area contributed by atoms with Crippen LogP contribution in [0.2, 0.25) is 0 Å². The number of benzene rings is 8. The van der Waals surface area contributed by atoms with E-state index in [0.717, 1.165) is 55.3 Å². The molecule has 6 nitrogen and oxygen atoms in total. The first-order chi connectivity index (χ1) is 28.3. The average Bonchev–Trinajstić information content (AvgIpc) is 3.95. The fourth-order valence-electron chi connectivity index (χ4n) is 9.30. The van der Waals surface area contributed by atoms with Gasteiger partial charge in [-0.2, -0.15) is 0 Å². The van der Waals surface area contributed by atoms with Gasteiger partial charge in [0, 0.05) is 38.3 Å². The number of hydrogen-bond donors (Lipinski definition) is 3. The van der Waals surface area contributed by atoms with E-state index in [1.165, 1.54) is 38.3 Å². The van der Waals surface area contributed by atoms with Gasteiger partial charge in [-0.05, 0) is 71.3 Å². The summed E-state index contributed by atoms with van der Waals surface area (Å²) in [5.74, 6) is 0. The number of hydrogen-bond acceptors (Lipinski definition) is 4. The maximum absolute atomic E-state index is 6.87. The van der Waals surface area contributed by atoms with Crippen LogP contribution in [0.5, 0.6) is 0 Å². The molecule has 4 heterocycles. The van der Waals surface area contributed by atoms with Crippen molar-refractivity contribution < 1.29 is 4.42 Å². The van der Waals surface area contributed by atoms with Crippen molar-refractivity contribution in [2.24, 2.45) is 0 Å². The highest BCUT2D eigenvalue weighted by Crippen LogP contribution is 2.46. The molecular weight excluding hydrogens is 699 g/mol. The van der Waals surface area contributed by atoms with E-state index in [1.54, 1.807) is 0 Å². The zero-order valence-corrected chi connectivity index (χ0v) is 30.9. The largest absolute Gasteiger partial charge is 0.455 e. The van der Waals surface area contributed by atoms with Crippen LogP contribution in [-0.4, -0.2) is 9.13 Å². The summed E-state index contributed by atoms with van der Waals surface area (Å²) in [6, 6.07) is 67.2. The predicted octanol–water partition coefficient (Wildman–Crippen LogP) is 12.0. The molecule has 1 aliphatic rings. The van der Waals surface area contributed by atoms with Gasteiger partial charge in [0.25, 0.3) is 0 Å². The van der Waals surface area contributed by atoms with Gasteiger partial charge in [-0.1, -0.05) is 133 Å². The first-order valence-electron chi connectivity index (χ1n) is 19.6. The molecule has 8 aromatic carbocycles. The summed E-state index contributed by atoms with van der Waals surface area (Å²) >= 11 is 0. The van der Waals surface area contributed by atoms with E-state index >= 15 is 0 Å². The summed E-state index contributed by atoms with van der Waals surface area (Å²) < 4.78 is 11.7. The lowest BCUT2D eigenvalue weighted by atomic mass is 10.0. The van der Waals surface area contributed by atoms with Gasteiger partial charge in [0.1, 0.15) is 11.2 Å². The summed E-state index contributed by atoms with van der Waals surface area (Å²) in [5.41, 5.74) is 12.1. The van der Waals surface area contributed by atoms with Crippen molar-refractivity contribution in [3.05, 3.63) is 205 Å². The minimum Gasteiger partial charge on any atom is -0.455 e. The highest BCUT2D eigenvalue weighted by Gasteiger charge is 2.30. The third-order valence-electron chi connectivity index (χ3n) is 11.8. The van der Waals surface area contributed by atoms with Gasteiger partial charge in [-0.15, -0.1) is 0 Å². The van der Waals surface area contributed by atoms with E-state index < -0.39 is 0 Å². The first kappa shape index (κ1) is 32.3. The third kappa shape index (κ3) is 5.02. The van der Waals surface area contributed by atoms with E-state index in [9.17, 15) is 0 Å². The minimum atomic E-state index is -0.135. The van der Waals surface area contributed by atoms with Crippen LogP contribution < -0.4 is 16.0 Å². The molecule has 57 heavy (non-hydrogen) atoms. The van der Waals surface area contributed by atoms with E-state index in [0.29, 0.717) is 0 Å². The van der Waals surface area contributed by atoms with Crippen molar-refractivity contribution in [1.29, 1.82) is 0 Å². The van der Waals surface area contributed by atoms with Gasteiger partial charge in [0.15, 0.2) is 0 Å². The summed E-state index contributed by atoms with van der Waals surface area (Å²) in [6.45, 7) is 0. The second kappa shape index (κ2) is 12.8. The highest BCUT2D eigenvalue weighted by atomic mass is 16.3. The van der Waals surface area contributed by atoms with Crippen LogP contribution in [0.15, 0.2) is 192 Å². The number of nitrogens with one attached hydrogen (secondary N) is 3. The first-order valence-corrected chi connectivity index (χ1v) is 19.6. The fraction of sp³-hybridized carbons (Fsp3) is 0.0588. The molecule has 0 bridgehead atoms. The van der Waals surface area contributed by atoms with E-state index in [-0.39, 0.29) is 18.5 Å². The van der Waals surface area contributed by atoms with Crippen molar-refractivity contribution in [3.63, 3.8) is 0 Å². The molecule has 11 aromatic rings. The van der Waals surface area contributed by atoms with Crippen molar-refractivity contribution in [2.45, 2.75) is 18.5 Å². The molecular formula is C51H37N5O. The number of fused-ring (bicyclic) bond motifs is 11. The summed E-state index contributed by atoms with van der Waals surface area (Å²) in [4.78, 5) is 0. The molecule has 0 saturated carbocycles. The summed E-state index contributed by atoms with van der Waals surface area (Å²) in [6.07, 6.45) is -0.257. The lowest BCUT2D eigenvalue weighted by molar-refractivity contribution is 0.203. The van der Waals surface area contributed by atoms with Gasteiger partial charge in [-0.3, -0.25) is 16.0 Å². The van der Waals surface area contributed by atoms with Crippen molar-refractivity contribution in [2.75, 3.05) is 0 Å². The van der Waals surface area contributed by atoms with Gasteiger partial charge in [0.2, 0.25) is 0 Å². The van der Waals surface area contributed by atoms with Gasteiger partial charge in [0.05, 0.1) is 46.0 Å². The molecule has 0 amide bonds. The van der Waals surface area contributed by atoms with Crippen LogP contribution in [0, 0.1) is 0 Å². The number of rotatable bonds is 5. The zero-order valence-electron chi connectivity index (χ0n) is 30.9. The molecule has 0 radical (unpaired) electrons. The molecule has 1 aliphatic heterocycles. The molecule has 1 fully saturated rings. The smallest absolute Gasteiger partial charge is 0.145 e. The number of para-hydroxylation sites is 3. The molecule has 3 N–H and O–H groups in total. The van der Waals surface area contributed by atoms with Gasteiger partial charge >= 0.3 is 0 Å². The predicted molar refractivity (Wildman–Crippen MR) is 233 cm³/mol. The maximum Gasteiger partial charge on any atom is 0.145 e. The Balaban J connectivity index is 1.12. The Hall–Kier alpha value is -6.96. The lowest BCUT2D eigenvalue weighted by Crippen LogP contribution is -2.54. The van der Waals surface area contributed by atoms with E-state index in [1.807, 2.05) is 0 Å². The molecule has 0 spiro atoms. The average molecular weight is 736 g/mol. The number of furan rings is 1. The van der Waals surface area contributed by atoms with Crippen LogP contribution in [0.3, 0.4) is 0 Å². The third-order valence-corrected chi connectivity index (χ3v) is 11.8. The van der Waals surface area contributed by atoms with Crippen LogP contribution in [0.1, 0.15) is 35.2 Å². The Kier molecular flexibility index (Phi) is 7.25. The molecule has 1 saturated heterocycles. The Morgan fingerprint density at radius 3 is 1.63 bits per heavy atom. The minimum absolute atomic E-state index is 0.0610. The van der Waals surface area contributed by atoms with Crippen LogP contribution in [0.4, 0.5) is 0 Å². The van der Waals surface area contributed by atoms with Gasteiger partial charge < -0.3 is 13.6 Å². The number of nitrogens with zero attached hydrogens (tertiary/aromatic N) is 2. The van der Waals surface area contributed by atoms with Crippen molar-refractivity contribution in [3.8, 4) is 11.4 Å². The Morgan fingerprint density at radius 1 is 0.368 bits per heavy atom. The zero-order chi connectivity index (χ0) is 37.5. The molecule has 2 unspecified atom stereocenters. The quantitative estimate of drug-likeness (QED) is 0.165. The monoisotopic (exact) mass is 735 g/mol. The molecule has 12 rings (SSSR count). The summed E-state index contributed by atoms with van der Waals surface area (Å²) in [7, 11) is 0. The van der Waals surface area contributed by atoms with E-state index in [2.05, 4.69) is 213 Å². The molecule has 0 aliphatic carbocycles. The van der Waals surface area contributed by atoms with Crippen molar-refractivity contribution in [1.82, 2.24) is 25.1 Å². The van der Waals surface area contributed by atoms with Crippen LogP contribution >= 0.6 is 0 Å². The highest BCUT2D eigenvalue weighted by molar-refractivity contribution is 6.32. The fourth-order valence-corrected chi connectivity index (χ4v) is 9.30. The van der Waals surface area contributed by atoms with E-state index in [4.69, 9.17) is 4.42 Å². The van der Waals surface area contributed by atoms with Crippen LogP contribution in [0.25, 0.3) is 76.9 Å². The second-order valence-electron chi connectivity index (χ2n) is 15.0. The van der Waals surface area contributed by atoms with Gasteiger partial charge in [-0.25, -0.2) is 0 Å².